The van der Waals surface area contributed by atoms with Crippen LogP contribution in [0.4, 0.5) is 9.59 Å². The number of unbranched alkanes of at least 4 members (excludes halogenated alkanes) is 3. The number of carbonyl (C=O) groups excluding carboxylic acids is 4. The van der Waals surface area contributed by atoms with Gasteiger partial charge >= 0.3 is 24.2 Å². The van der Waals surface area contributed by atoms with E-state index in [1.54, 1.807) is 13.8 Å². The molecule has 0 aromatic carbocycles. The van der Waals surface area contributed by atoms with Gasteiger partial charge in [-0.2, -0.15) is 0 Å². The van der Waals surface area contributed by atoms with Gasteiger partial charge in [0.05, 0.1) is 13.2 Å². The monoisotopic (exact) mass is 378 g/mol. The van der Waals surface area contributed by atoms with Crippen molar-refractivity contribution < 1.29 is 47.6 Å². The maximum atomic E-state index is 11.4. The molecule has 0 saturated heterocycles. The smallest absolute Gasteiger partial charge is 0.435 e. The van der Waals surface area contributed by atoms with E-state index in [-0.39, 0.29) is 26.1 Å². The van der Waals surface area contributed by atoms with Crippen LogP contribution in [0.1, 0.15) is 52.4 Å². The Morgan fingerprint density at radius 1 is 0.538 bits per heavy atom. The molecule has 0 aromatic rings. The summed E-state index contributed by atoms with van der Waals surface area (Å²) in [7, 11) is 0. The Labute approximate surface area is 152 Å². The highest BCUT2D eigenvalue weighted by atomic mass is 16.8. The van der Waals surface area contributed by atoms with Crippen molar-refractivity contribution in [2.45, 2.75) is 52.4 Å². The molecule has 0 atom stereocenters. The molecule has 0 bridgehead atoms. The van der Waals surface area contributed by atoms with Gasteiger partial charge in [-0.3, -0.25) is 9.59 Å². The van der Waals surface area contributed by atoms with Crippen molar-refractivity contribution in [2.75, 3.05) is 26.8 Å². The van der Waals surface area contributed by atoms with Crippen molar-refractivity contribution in [3.8, 4) is 0 Å². The van der Waals surface area contributed by atoms with Gasteiger partial charge in [0.2, 0.25) is 13.6 Å². The van der Waals surface area contributed by atoms with Crippen molar-refractivity contribution in [2.24, 2.45) is 0 Å². The Bertz CT molecular complexity index is 395. The molecule has 0 fully saturated rings. The predicted molar refractivity (Wildman–Crippen MR) is 85.8 cm³/mol. The quantitative estimate of drug-likeness (QED) is 0.204. The highest BCUT2D eigenvalue weighted by molar-refractivity contribution is 5.70. The molecule has 0 spiro atoms. The fourth-order valence-electron chi connectivity index (χ4n) is 1.64. The first-order chi connectivity index (χ1) is 12.5. The minimum Gasteiger partial charge on any atom is -0.435 e. The van der Waals surface area contributed by atoms with E-state index < -0.39 is 37.8 Å². The molecule has 0 heterocycles. The second kappa shape index (κ2) is 16.0. The molecule has 10 nitrogen and oxygen atoms in total. The summed E-state index contributed by atoms with van der Waals surface area (Å²) in [6, 6.07) is 0. The number of hydrogen-bond donors (Lipinski definition) is 0. The Morgan fingerprint density at radius 2 is 0.923 bits per heavy atom. The first-order valence-electron chi connectivity index (χ1n) is 8.39. The number of esters is 2. The summed E-state index contributed by atoms with van der Waals surface area (Å²) in [6.45, 7) is 2.67. The standard InChI is InChI=1S/C16H26O10/c1-3-21-15(19)25-11-23-13(17)9-7-5-6-8-10-14(18)24-12-26-16(20)22-4-2/h3-12H2,1-2H3. The zero-order valence-electron chi connectivity index (χ0n) is 15.2. The summed E-state index contributed by atoms with van der Waals surface area (Å²) >= 11 is 0. The molecular formula is C16H26O10. The molecule has 26 heavy (non-hydrogen) atoms. The van der Waals surface area contributed by atoms with Crippen LogP contribution < -0.4 is 0 Å². The molecule has 0 unspecified atom stereocenters. The SMILES string of the molecule is CCOC(=O)OCOC(=O)CCCCCCC(=O)OCOC(=O)OCC. The highest BCUT2D eigenvalue weighted by Gasteiger charge is 2.08. The lowest BCUT2D eigenvalue weighted by atomic mass is 10.1. The maximum absolute atomic E-state index is 11.4. The molecule has 0 amide bonds. The summed E-state index contributed by atoms with van der Waals surface area (Å²) in [5.41, 5.74) is 0. The molecule has 0 saturated carbocycles. The molecule has 0 aliphatic carbocycles. The van der Waals surface area contributed by atoms with Crippen molar-refractivity contribution in [1.82, 2.24) is 0 Å². The first-order valence-corrected chi connectivity index (χ1v) is 8.39. The van der Waals surface area contributed by atoms with Crippen molar-refractivity contribution in [3.05, 3.63) is 0 Å². The van der Waals surface area contributed by atoms with Crippen molar-refractivity contribution in [1.29, 1.82) is 0 Å². The van der Waals surface area contributed by atoms with E-state index in [1.165, 1.54) is 0 Å². The Balaban J connectivity index is 3.46. The summed E-state index contributed by atoms with van der Waals surface area (Å²) < 4.78 is 27.4. The molecular weight excluding hydrogens is 352 g/mol. The summed E-state index contributed by atoms with van der Waals surface area (Å²) in [6.07, 6.45) is 1.20. The van der Waals surface area contributed by atoms with E-state index in [9.17, 15) is 19.2 Å². The zero-order valence-corrected chi connectivity index (χ0v) is 15.2. The topological polar surface area (TPSA) is 124 Å². The summed E-state index contributed by atoms with van der Waals surface area (Å²) in [5, 5.41) is 0. The van der Waals surface area contributed by atoms with Crippen LogP contribution in [0, 0.1) is 0 Å². The van der Waals surface area contributed by atoms with Crippen molar-refractivity contribution >= 4 is 24.2 Å². The second-order valence-electron chi connectivity index (χ2n) is 4.84. The van der Waals surface area contributed by atoms with E-state index in [2.05, 4.69) is 18.9 Å². The molecule has 0 aromatic heterocycles. The lowest BCUT2D eigenvalue weighted by Crippen LogP contribution is -2.14. The van der Waals surface area contributed by atoms with Crippen LogP contribution in [0.25, 0.3) is 0 Å². The van der Waals surface area contributed by atoms with Gasteiger partial charge in [-0.05, 0) is 26.7 Å². The summed E-state index contributed by atoms with van der Waals surface area (Å²) in [5.74, 6) is -0.963. The van der Waals surface area contributed by atoms with E-state index in [4.69, 9.17) is 9.47 Å². The van der Waals surface area contributed by atoms with E-state index in [1.807, 2.05) is 0 Å². The molecule has 0 radical (unpaired) electrons. The van der Waals surface area contributed by atoms with E-state index in [0.29, 0.717) is 12.8 Å². The Kier molecular flexibility index (Phi) is 14.4. The average Bonchev–Trinajstić information content (AvgIpc) is 2.58. The van der Waals surface area contributed by atoms with E-state index in [0.717, 1.165) is 12.8 Å². The third-order valence-electron chi connectivity index (χ3n) is 2.83. The number of hydrogen-bond acceptors (Lipinski definition) is 10. The normalized spacial score (nSPS) is 9.77. The predicted octanol–water partition coefficient (Wildman–Crippen LogP) is 2.67. The Morgan fingerprint density at radius 3 is 1.27 bits per heavy atom. The lowest BCUT2D eigenvalue weighted by Gasteiger charge is -2.06. The fourth-order valence-corrected chi connectivity index (χ4v) is 1.64. The molecule has 0 aliphatic heterocycles. The fraction of sp³-hybridized carbons (Fsp3) is 0.750. The van der Waals surface area contributed by atoms with Gasteiger partial charge in [-0.15, -0.1) is 0 Å². The van der Waals surface area contributed by atoms with Gasteiger partial charge in [0, 0.05) is 12.8 Å². The molecule has 0 N–H and O–H groups in total. The minimum atomic E-state index is -0.889. The van der Waals surface area contributed by atoms with Crippen LogP contribution in [0.3, 0.4) is 0 Å². The zero-order chi connectivity index (χ0) is 19.6. The lowest BCUT2D eigenvalue weighted by molar-refractivity contribution is -0.154. The highest BCUT2D eigenvalue weighted by Crippen LogP contribution is 2.07. The van der Waals surface area contributed by atoms with Crippen LogP contribution in [-0.4, -0.2) is 51.0 Å². The third-order valence-corrected chi connectivity index (χ3v) is 2.83. The van der Waals surface area contributed by atoms with Gasteiger partial charge in [0.15, 0.2) is 0 Å². The average molecular weight is 378 g/mol. The molecule has 0 rings (SSSR count). The number of rotatable bonds is 13. The Hall–Kier alpha value is -2.52. The van der Waals surface area contributed by atoms with Gasteiger partial charge in [0.25, 0.3) is 0 Å². The van der Waals surface area contributed by atoms with Gasteiger partial charge in [0.1, 0.15) is 0 Å². The number of ether oxygens (including phenoxy) is 6. The first kappa shape index (κ1) is 23.5. The molecule has 150 valence electrons. The van der Waals surface area contributed by atoms with Crippen LogP contribution >= 0.6 is 0 Å². The molecule has 10 heteroatoms. The van der Waals surface area contributed by atoms with E-state index >= 15 is 0 Å². The van der Waals surface area contributed by atoms with Crippen LogP contribution in [0.2, 0.25) is 0 Å². The largest absolute Gasteiger partial charge is 0.511 e. The second-order valence-corrected chi connectivity index (χ2v) is 4.84. The third kappa shape index (κ3) is 15.0. The van der Waals surface area contributed by atoms with Gasteiger partial charge in [-0.1, -0.05) is 12.8 Å². The minimum absolute atomic E-state index is 0.179. The summed E-state index contributed by atoms with van der Waals surface area (Å²) in [4.78, 5) is 44.4. The maximum Gasteiger partial charge on any atom is 0.511 e. The van der Waals surface area contributed by atoms with Crippen LogP contribution in [0.15, 0.2) is 0 Å². The van der Waals surface area contributed by atoms with Gasteiger partial charge < -0.3 is 28.4 Å². The van der Waals surface area contributed by atoms with Crippen LogP contribution in [0.5, 0.6) is 0 Å². The van der Waals surface area contributed by atoms with Gasteiger partial charge in [-0.25, -0.2) is 9.59 Å². The number of carbonyl (C=O) groups is 4. The molecule has 0 aliphatic rings. The van der Waals surface area contributed by atoms with Crippen molar-refractivity contribution in [3.63, 3.8) is 0 Å². The van der Waals surface area contributed by atoms with Crippen LogP contribution in [-0.2, 0) is 38.0 Å².